The Labute approximate surface area is 193 Å². The lowest BCUT2D eigenvalue weighted by atomic mass is 10.3. The van der Waals surface area contributed by atoms with Crippen LogP contribution in [0.25, 0.3) is 12.2 Å². The van der Waals surface area contributed by atoms with Crippen LogP contribution >= 0.6 is 23.1 Å². The topological polar surface area (TPSA) is 99.3 Å². The number of carbonyl (C=O) groups is 1. The second-order valence-corrected chi connectivity index (χ2v) is 10.7. The number of nitrogens with zero attached hydrogens (tertiary/aromatic N) is 4. The summed E-state index contributed by atoms with van der Waals surface area (Å²) in [6.45, 7) is 0.725. The summed E-state index contributed by atoms with van der Waals surface area (Å²) in [5.41, 5.74) is 0. The average Bonchev–Trinajstić information content (AvgIpc) is 3.48. The number of sulfonamides is 1. The minimum atomic E-state index is -3.93. The molecule has 1 saturated heterocycles. The molecule has 1 aromatic carbocycles. The first-order valence-electron chi connectivity index (χ1n) is 9.73. The van der Waals surface area contributed by atoms with Gasteiger partial charge in [-0.05, 0) is 35.7 Å². The second-order valence-electron chi connectivity index (χ2n) is 6.86. The van der Waals surface area contributed by atoms with Crippen LogP contribution in [0.15, 0.2) is 51.8 Å². The summed E-state index contributed by atoms with van der Waals surface area (Å²) < 4.78 is 40.5. The van der Waals surface area contributed by atoms with Crippen molar-refractivity contribution in [2.24, 2.45) is 0 Å². The predicted molar refractivity (Wildman–Crippen MR) is 122 cm³/mol. The molecule has 0 atom stereocenters. The summed E-state index contributed by atoms with van der Waals surface area (Å²) in [7, 11) is -3.93. The van der Waals surface area contributed by atoms with E-state index in [1.165, 1.54) is 34.3 Å². The van der Waals surface area contributed by atoms with Gasteiger partial charge < -0.3 is 4.90 Å². The van der Waals surface area contributed by atoms with Crippen LogP contribution in [-0.4, -0.2) is 70.6 Å². The van der Waals surface area contributed by atoms with E-state index in [0.717, 1.165) is 10.9 Å². The monoisotopic (exact) mass is 493 g/mol. The summed E-state index contributed by atoms with van der Waals surface area (Å²) in [4.78, 5) is 19.2. The van der Waals surface area contributed by atoms with E-state index in [1.807, 2.05) is 29.7 Å². The van der Waals surface area contributed by atoms with Crippen molar-refractivity contribution >= 4 is 51.2 Å². The Hall–Kier alpha value is -2.54. The number of hydrogen-bond acceptors (Lipinski definition) is 7. The largest absolute Gasteiger partial charge is 0.339 e. The molecule has 1 aliphatic heterocycles. The van der Waals surface area contributed by atoms with Crippen LogP contribution in [0, 0.1) is 5.82 Å². The highest BCUT2D eigenvalue weighted by atomic mass is 32.2. The number of amides is 1. The van der Waals surface area contributed by atoms with Crippen molar-refractivity contribution in [1.82, 2.24) is 24.4 Å². The van der Waals surface area contributed by atoms with Gasteiger partial charge in [-0.25, -0.2) is 17.8 Å². The highest BCUT2D eigenvalue weighted by Crippen LogP contribution is 2.21. The van der Waals surface area contributed by atoms with Gasteiger partial charge in [-0.1, -0.05) is 30.0 Å². The zero-order valence-electron chi connectivity index (χ0n) is 16.8. The van der Waals surface area contributed by atoms with Crippen LogP contribution in [-0.2, 0) is 14.8 Å². The molecule has 2 aromatic heterocycles. The van der Waals surface area contributed by atoms with Crippen LogP contribution < -0.4 is 0 Å². The fraction of sp³-hybridized carbons (Fsp3) is 0.250. The number of thioether (sulfide) groups is 1. The average molecular weight is 494 g/mol. The number of benzene rings is 1. The summed E-state index contributed by atoms with van der Waals surface area (Å²) in [6.07, 6.45) is 3.75. The number of halogens is 1. The van der Waals surface area contributed by atoms with Crippen molar-refractivity contribution in [3.05, 3.63) is 58.3 Å². The lowest BCUT2D eigenvalue weighted by Crippen LogP contribution is -2.51. The molecule has 1 aliphatic rings. The molecule has 8 nitrogen and oxygen atoms in total. The van der Waals surface area contributed by atoms with Crippen LogP contribution in [0.2, 0.25) is 0 Å². The third-order valence-electron chi connectivity index (χ3n) is 4.80. The number of piperazine rings is 1. The van der Waals surface area contributed by atoms with Gasteiger partial charge >= 0.3 is 0 Å². The van der Waals surface area contributed by atoms with Crippen molar-refractivity contribution in [3.63, 3.8) is 0 Å². The van der Waals surface area contributed by atoms with Crippen LogP contribution in [0.4, 0.5) is 4.39 Å². The minimum absolute atomic E-state index is 0.116. The minimum Gasteiger partial charge on any atom is -0.339 e. The maximum Gasteiger partial charge on any atom is 0.246 e. The zero-order valence-corrected chi connectivity index (χ0v) is 19.3. The number of H-pyrrole nitrogens is 1. The van der Waals surface area contributed by atoms with E-state index in [4.69, 9.17) is 0 Å². The van der Waals surface area contributed by atoms with Gasteiger partial charge in [-0.15, -0.1) is 16.4 Å². The predicted octanol–water partition coefficient (Wildman–Crippen LogP) is 2.80. The maximum absolute atomic E-state index is 13.9. The Morgan fingerprint density at radius 1 is 1.16 bits per heavy atom. The Balaban J connectivity index is 1.28. The molecule has 4 rings (SSSR count). The molecule has 1 N–H and O–H groups in total. The highest BCUT2D eigenvalue weighted by molar-refractivity contribution is 7.99. The van der Waals surface area contributed by atoms with Crippen molar-refractivity contribution in [2.75, 3.05) is 31.9 Å². The van der Waals surface area contributed by atoms with Gasteiger partial charge in [0.05, 0.1) is 5.75 Å². The van der Waals surface area contributed by atoms with Gasteiger partial charge in [-0.2, -0.15) is 4.31 Å². The molecule has 0 saturated carbocycles. The van der Waals surface area contributed by atoms with Crippen molar-refractivity contribution < 1.29 is 17.6 Å². The molecule has 0 aliphatic carbocycles. The molecular weight excluding hydrogens is 473 g/mol. The molecule has 168 valence electrons. The van der Waals surface area contributed by atoms with E-state index in [1.54, 1.807) is 16.2 Å². The summed E-state index contributed by atoms with van der Waals surface area (Å²) in [5, 5.41) is 9.38. The first kappa shape index (κ1) is 22.6. The van der Waals surface area contributed by atoms with E-state index in [-0.39, 0.29) is 42.7 Å². The van der Waals surface area contributed by atoms with Crippen molar-refractivity contribution in [3.8, 4) is 0 Å². The number of rotatable bonds is 7. The molecule has 0 bridgehead atoms. The lowest BCUT2D eigenvalue weighted by molar-refractivity contribution is -0.129. The quantitative estimate of drug-likeness (QED) is 0.508. The van der Waals surface area contributed by atoms with Gasteiger partial charge in [0, 0.05) is 31.1 Å². The Morgan fingerprint density at radius 3 is 2.66 bits per heavy atom. The van der Waals surface area contributed by atoms with Gasteiger partial charge in [0.1, 0.15) is 16.5 Å². The van der Waals surface area contributed by atoms with Crippen LogP contribution in [0.5, 0.6) is 0 Å². The molecule has 1 amide bonds. The van der Waals surface area contributed by atoms with Crippen LogP contribution in [0.1, 0.15) is 10.7 Å². The first-order chi connectivity index (χ1) is 15.4. The van der Waals surface area contributed by atoms with Crippen molar-refractivity contribution in [1.29, 1.82) is 0 Å². The van der Waals surface area contributed by atoms with Gasteiger partial charge in [0.15, 0.2) is 0 Å². The fourth-order valence-corrected chi connectivity index (χ4v) is 5.95. The highest BCUT2D eigenvalue weighted by Gasteiger charge is 2.31. The molecule has 3 heterocycles. The fourth-order valence-electron chi connectivity index (χ4n) is 3.13. The summed E-state index contributed by atoms with van der Waals surface area (Å²) in [6, 6.07) is 9.26. The normalized spacial score (nSPS) is 15.5. The lowest BCUT2D eigenvalue weighted by Gasteiger charge is -2.34. The van der Waals surface area contributed by atoms with Gasteiger partial charge in [0.2, 0.25) is 21.1 Å². The standard InChI is InChI=1S/C20H20FN5O3S3/c21-16-5-1-2-6-17(16)32(28,29)26-11-9-25(10-12-26)19(27)14-31-20-22-18(23-24-20)8-7-15-4-3-13-30-15/h1-8,13H,9-12,14H2,(H,22,23,24)/b8-7+. The smallest absolute Gasteiger partial charge is 0.246 e. The van der Waals surface area contributed by atoms with Gasteiger partial charge in [0.25, 0.3) is 0 Å². The second kappa shape index (κ2) is 9.94. The summed E-state index contributed by atoms with van der Waals surface area (Å²) >= 11 is 2.83. The van der Waals surface area contributed by atoms with E-state index in [0.29, 0.717) is 11.0 Å². The Bertz CT molecular complexity index is 1200. The van der Waals surface area contributed by atoms with Gasteiger partial charge in [-0.3, -0.25) is 9.89 Å². The third kappa shape index (κ3) is 5.26. The van der Waals surface area contributed by atoms with E-state index < -0.39 is 15.8 Å². The number of carbonyl (C=O) groups excluding carboxylic acids is 1. The molecule has 0 radical (unpaired) electrons. The third-order valence-corrected chi connectivity index (χ3v) is 8.40. The van der Waals surface area contributed by atoms with Crippen molar-refractivity contribution in [2.45, 2.75) is 10.1 Å². The number of aromatic nitrogens is 3. The van der Waals surface area contributed by atoms with E-state index >= 15 is 0 Å². The van der Waals surface area contributed by atoms with Crippen LogP contribution in [0.3, 0.4) is 0 Å². The number of nitrogens with one attached hydrogen (secondary N) is 1. The SMILES string of the molecule is O=C(CSc1n[nH]c(/C=C/c2cccs2)n1)N1CCN(S(=O)(=O)c2ccccc2F)CC1. The molecule has 1 fully saturated rings. The number of hydrogen-bond donors (Lipinski definition) is 1. The molecule has 12 heteroatoms. The number of aromatic amines is 1. The maximum atomic E-state index is 13.9. The Kier molecular flexibility index (Phi) is 7.04. The van der Waals surface area contributed by atoms with E-state index in [9.17, 15) is 17.6 Å². The Morgan fingerprint density at radius 2 is 1.94 bits per heavy atom. The molecule has 0 spiro atoms. The first-order valence-corrected chi connectivity index (χ1v) is 13.0. The number of thiophene rings is 1. The molecule has 32 heavy (non-hydrogen) atoms. The molecule has 0 unspecified atom stereocenters. The summed E-state index contributed by atoms with van der Waals surface area (Å²) in [5.74, 6) is -0.163. The molecule has 3 aromatic rings. The zero-order chi connectivity index (χ0) is 22.6. The van der Waals surface area contributed by atoms with E-state index in [2.05, 4.69) is 15.2 Å². The molecular formula is C20H20FN5O3S3.